The van der Waals surface area contributed by atoms with Crippen LogP contribution in [0.15, 0.2) is 23.1 Å². The Balaban J connectivity index is 3.31. The van der Waals surface area contributed by atoms with Crippen molar-refractivity contribution in [3.05, 3.63) is 24.0 Å². The molecule has 1 aromatic carbocycles. The van der Waals surface area contributed by atoms with Crippen molar-refractivity contribution in [2.24, 2.45) is 0 Å². The molecule has 0 amide bonds. The van der Waals surface area contributed by atoms with Crippen LogP contribution in [0.4, 0.5) is 4.39 Å². The highest BCUT2D eigenvalue weighted by Gasteiger charge is 2.20. The van der Waals surface area contributed by atoms with Gasteiger partial charge in [0.2, 0.25) is 0 Å². The lowest BCUT2D eigenvalue weighted by molar-refractivity contribution is 0.423. The van der Waals surface area contributed by atoms with Gasteiger partial charge in [-0.1, -0.05) is 6.92 Å². The average molecular weight is 232 g/mol. The van der Waals surface area contributed by atoms with Crippen molar-refractivity contribution in [2.75, 3.05) is 5.75 Å². The van der Waals surface area contributed by atoms with Crippen LogP contribution >= 0.6 is 0 Å². The summed E-state index contributed by atoms with van der Waals surface area (Å²) in [7, 11) is -5.48. The van der Waals surface area contributed by atoms with Gasteiger partial charge in [-0.3, -0.25) is 0 Å². The molecule has 0 saturated heterocycles. The highest BCUT2D eigenvalue weighted by atomic mass is 32.2. The lowest BCUT2D eigenvalue weighted by Gasteiger charge is -2.05. The molecule has 1 aromatic rings. The van der Waals surface area contributed by atoms with E-state index in [0.717, 1.165) is 18.2 Å². The van der Waals surface area contributed by atoms with Gasteiger partial charge in [-0.2, -0.15) is 0 Å². The molecule has 1 rings (SSSR count). The summed E-state index contributed by atoms with van der Waals surface area (Å²) in [4.78, 5) is -0.116. The molecule has 0 aliphatic carbocycles. The maximum Gasteiger partial charge on any atom is 0.491 e. The van der Waals surface area contributed by atoms with E-state index in [-0.39, 0.29) is 10.6 Å². The highest BCUT2D eigenvalue weighted by Crippen LogP contribution is 2.10. The number of sulfone groups is 1. The monoisotopic (exact) mass is 232 g/mol. The first-order valence-electron chi connectivity index (χ1n) is 4.27. The number of hydrogen-bond donors (Lipinski definition) is 2. The average Bonchev–Trinajstić information content (AvgIpc) is 2.17. The Hall–Kier alpha value is -0.915. The molecule has 82 valence electrons. The number of hydrogen-bond acceptors (Lipinski definition) is 4. The van der Waals surface area contributed by atoms with Crippen molar-refractivity contribution in [1.29, 1.82) is 0 Å². The molecule has 0 unspecified atom stereocenters. The molecular weight excluding hydrogens is 222 g/mol. The Bertz CT molecular complexity index is 458. The first-order chi connectivity index (χ1) is 6.88. The fraction of sp³-hybridized carbons (Fsp3) is 0.250. The third kappa shape index (κ3) is 2.56. The number of benzene rings is 1. The molecule has 0 atom stereocenters. The second-order valence-corrected chi connectivity index (χ2v) is 5.24. The van der Waals surface area contributed by atoms with E-state index in [4.69, 9.17) is 10.0 Å². The summed E-state index contributed by atoms with van der Waals surface area (Å²) in [6, 6.07) is 2.93. The zero-order chi connectivity index (χ0) is 11.6. The maximum atomic E-state index is 13.0. The topological polar surface area (TPSA) is 74.6 Å². The van der Waals surface area contributed by atoms with Gasteiger partial charge in [0, 0.05) is 5.46 Å². The van der Waals surface area contributed by atoms with E-state index >= 15 is 0 Å². The lowest BCUT2D eigenvalue weighted by Crippen LogP contribution is -2.33. The predicted octanol–water partition coefficient (Wildman–Crippen LogP) is -0.701. The van der Waals surface area contributed by atoms with E-state index in [1.165, 1.54) is 6.92 Å². The third-order valence-corrected chi connectivity index (χ3v) is 3.72. The maximum absolute atomic E-state index is 13.0. The highest BCUT2D eigenvalue weighted by molar-refractivity contribution is 7.91. The first-order valence-corrected chi connectivity index (χ1v) is 5.92. The Kier molecular flexibility index (Phi) is 3.48. The molecule has 0 bridgehead atoms. The van der Waals surface area contributed by atoms with Crippen LogP contribution in [0, 0.1) is 5.82 Å². The number of rotatable bonds is 3. The minimum absolute atomic E-state index is 0.116. The SMILES string of the molecule is CCS(=O)(=O)c1ccc(F)c(B(O)O)c1. The Morgan fingerprint density at radius 1 is 1.40 bits per heavy atom. The summed E-state index contributed by atoms with van der Waals surface area (Å²) in [6.07, 6.45) is 0. The van der Waals surface area contributed by atoms with E-state index in [1.807, 2.05) is 0 Å². The summed E-state index contributed by atoms with van der Waals surface area (Å²) >= 11 is 0. The Morgan fingerprint density at radius 3 is 2.47 bits per heavy atom. The molecule has 4 nitrogen and oxygen atoms in total. The molecule has 0 saturated carbocycles. The van der Waals surface area contributed by atoms with Gasteiger partial charge >= 0.3 is 7.12 Å². The summed E-state index contributed by atoms with van der Waals surface area (Å²) in [5, 5.41) is 17.6. The second-order valence-electron chi connectivity index (χ2n) is 2.96. The summed E-state index contributed by atoms with van der Waals surface area (Å²) < 4.78 is 35.8. The molecule has 2 N–H and O–H groups in total. The first kappa shape index (κ1) is 12.2. The van der Waals surface area contributed by atoms with Crippen LogP contribution in [0.1, 0.15) is 6.92 Å². The molecule has 7 heteroatoms. The molecule has 0 aliphatic rings. The van der Waals surface area contributed by atoms with Crippen molar-refractivity contribution < 1.29 is 22.9 Å². The van der Waals surface area contributed by atoms with Crippen molar-refractivity contribution in [2.45, 2.75) is 11.8 Å². The fourth-order valence-corrected chi connectivity index (χ4v) is 2.00. The zero-order valence-corrected chi connectivity index (χ0v) is 8.83. The van der Waals surface area contributed by atoms with Gasteiger partial charge in [-0.25, -0.2) is 12.8 Å². The Morgan fingerprint density at radius 2 is 2.00 bits per heavy atom. The summed E-state index contributed by atoms with van der Waals surface area (Å²) in [5.41, 5.74) is -0.440. The molecule has 0 fully saturated rings. The lowest BCUT2D eigenvalue weighted by atomic mass is 9.80. The number of halogens is 1. The fourth-order valence-electron chi connectivity index (χ4n) is 1.08. The zero-order valence-electron chi connectivity index (χ0n) is 8.01. The van der Waals surface area contributed by atoms with E-state index in [2.05, 4.69) is 0 Å². The Labute approximate surface area is 87.4 Å². The van der Waals surface area contributed by atoms with Gasteiger partial charge in [0.05, 0.1) is 10.6 Å². The minimum Gasteiger partial charge on any atom is -0.423 e. The quantitative estimate of drug-likeness (QED) is 0.533. The van der Waals surface area contributed by atoms with E-state index in [0.29, 0.717) is 0 Å². The van der Waals surface area contributed by atoms with Crippen LogP contribution < -0.4 is 5.46 Å². The van der Waals surface area contributed by atoms with Crippen molar-refractivity contribution >= 4 is 22.4 Å². The molecule has 15 heavy (non-hydrogen) atoms. The van der Waals surface area contributed by atoms with E-state index in [1.54, 1.807) is 0 Å². The molecular formula is C8H10BFO4S. The molecule has 0 heterocycles. The van der Waals surface area contributed by atoms with E-state index in [9.17, 15) is 12.8 Å². The largest absolute Gasteiger partial charge is 0.491 e. The smallest absolute Gasteiger partial charge is 0.423 e. The van der Waals surface area contributed by atoms with Gasteiger partial charge in [-0.15, -0.1) is 0 Å². The second kappa shape index (κ2) is 4.30. The van der Waals surface area contributed by atoms with Crippen molar-refractivity contribution in [1.82, 2.24) is 0 Å². The van der Waals surface area contributed by atoms with Crippen LogP contribution in [0.3, 0.4) is 0 Å². The summed E-state index contributed by atoms with van der Waals surface area (Å²) in [6.45, 7) is 1.45. The van der Waals surface area contributed by atoms with Crippen LogP contribution in [0.2, 0.25) is 0 Å². The minimum atomic E-state index is -3.46. The standard InChI is InChI=1S/C8H10BFO4S/c1-2-15(13,14)6-3-4-8(10)7(5-6)9(11)12/h3-5,11-12H,2H2,1H3. The van der Waals surface area contributed by atoms with Gasteiger partial charge < -0.3 is 10.0 Å². The van der Waals surface area contributed by atoms with Gasteiger partial charge in [0.1, 0.15) is 5.82 Å². The molecule has 0 spiro atoms. The predicted molar refractivity (Wildman–Crippen MR) is 54.0 cm³/mol. The third-order valence-electron chi connectivity index (χ3n) is 1.98. The summed E-state index contributed by atoms with van der Waals surface area (Å²) in [5.74, 6) is -0.973. The van der Waals surface area contributed by atoms with Crippen molar-refractivity contribution in [3.8, 4) is 0 Å². The van der Waals surface area contributed by atoms with E-state index < -0.39 is 28.2 Å². The van der Waals surface area contributed by atoms with Crippen molar-refractivity contribution in [3.63, 3.8) is 0 Å². The van der Waals surface area contributed by atoms with Crippen LogP contribution in [0.5, 0.6) is 0 Å². The van der Waals surface area contributed by atoms with Crippen LogP contribution in [-0.4, -0.2) is 31.3 Å². The van der Waals surface area contributed by atoms with Crippen LogP contribution in [0.25, 0.3) is 0 Å². The molecule has 0 aromatic heterocycles. The van der Waals surface area contributed by atoms with Gasteiger partial charge in [-0.05, 0) is 18.2 Å². The molecule has 0 radical (unpaired) electrons. The van der Waals surface area contributed by atoms with Gasteiger partial charge in [0.25, 0.3) is 0 Å². The van der Waals surface area contributed by atoms with Gasteiger partial charge in [0.15, 0.2) is 9.84 Å². The van der Waals surface area contributed by atoms with Crippen LogP contribution in [-0.2, 0) is 9.84 Å². The normalized spacial score (nSPS) is 11.5. The molecule has 0 aliphatic heterocycles.